The molecule has 0 saturated carbocycles. The summed E-state index contributed by atoms with van der Waals surface area (Å²) >= 11 is 0. The summed E-state index contributed by atoms with van der Waals surface area (Å²) in [5.41, 5.74) is 0.0983. The Balaban J connectivity index is 1.79. The highest BCUT2D eigenvalue weighted by Gasteiger charge is 2.23. The third-order valence-corrected chi connectivity index (χ3v) is 3.96. The van der Waals surface area contributed by atoms with Gasteiger partial charge in [-0.3, -0.25) is 9.69 Å². The van der Waals surface area contributed by atoms with E-state index in [1.807, 2.05) is 12.3 Å². The van der Waals surface area contributed by atoms with Crippen LogP contribution in [-0.2, 0) is 6.54 Å². The van der Waals surface area contributed by atoms with Gasteiger partial charge in [-0.15, -0.1) is 0 Å². The number of aromatic nitrogens is 1. The summed E-state index contributed by atoms with van der Waals surface area (Å²) in [5, 5.41) is 3.56. The van der Waals surface area contributed by atoms with Gasteiger partial charge in [-0.1, -0.05) is 19.9 Å². The molecule has 0 aliphatic carbocycles. The standard InChI is InChI=1S/C16H27N3O/c1-14(2)12-17-13-15-6-5-9-18(15)10-11-19-8-4-3-7-16(19)20/h3-4,7-8,14-15,17H,5-6,9-13H2,1-2H3. The molecule has 20 heavy (non-hydrogen) atoms. The van der Waals surface area contributed by atoms with Crippen LogP contribution in [0.25, 0.3) is 0 Å². The average Bonchev–Trinajstić information content (AvgIpc) is 2.85. The second-order valence-corrected chi connectivity index (χ2v) is 6.12. The maximum atomic E-state index is 11.7. The van der Waals surface area contributed by atoms with Crippen LogP contribution in [0.15, 0.2) is 29.2 Å². The van der Waals surface area contributed by atoms with Crippen molar-refractivity contribution >= 4 is 0 Å². The predicted molar refractivity (Wildman–Crippen MR) is 83.0 cm³/mol. The minimum absolute atomic E-state index is 0.0983. The van der Waals surface area contributed by atoms with Crippen molar-refractivity contribution in [2.45, 2.75) is 39.3 Å². The Morgan fingerprint density at radius 1 is 1.35 bits per heavy atom. The zero-order chi connectivity index (χ0) is 14.4. The second kappa shape index (κ2) is 7.60. The molecule has 0 amide bonds. The molecule has 1 aromatic heterocycles. The van der Waals surface area contributed by atoms with Crippen LogP contribution >= 0.6 is 0 Å². The van der Waals surface area contributed by atoms with Crippen LogP contribution in [0.1, 0.15) is 26.7 Å². The molecule has 2 heterocycles. The van der Waals surface area contributed by atoms with Gasteiger partial charge in [0, 0.05) is 37.9 Å². The van der Waals surface area contributed by atoms with Crippen molar-refractivity contribution in [2.75, 3.05) is 26.2 Å². The summed E-state index contributed by atoms with van der Waals surface area (Å²) < 4.78 is 1.80. The Labute approximate surface area is 121 Å². The molecular weight excluding hydrogens is 250 g/mol. The number of nitrogens with one attached hydrogen (secondary N) is 1. The highest BCUT2D eigenvalue weighted by atomic mass is 16.1. The first-order valence-corrected chi connectivity index (χ1v) is 7.77. The first kappa shape index (κ1) is 15.3. The number of rotatable bonds is 7. The third-order valence-electron chi connectivity index (χ3n) is 3.96. The molecule has 1 aliphatic rings. The lowest BCUT2D eigenvalue weighted by Crippen LogP contribution is -2.41. The van der Waals surface area contributed by atoms with Crippen LogP contribution in [0, 0.1) is 5.92 Å². The molecule has 1 aromatic rings. The minimum Gasteiger partial charge on any atom is -0.315 e. The second-order valence-electron chi connectivity index (χ2n) is 6.12. The van der Waals surface area contributed by atoms with E-state index in [1.165, 1.54) is 12.8 Å². The van der Waals surface area contributed by atoms with Gasteiger partial charge in [0.15, 0.2) is 0 Å². The molecule has 0 aromatic carbocycles. The van der Waals surface area contributed by atoms with Crippen molar-refractivity contribution in [3.8, 4) is 0 Å². The van der Waals surface area contributed by atoms with Crippen molar-refractivity contribution in [1.29, 1.82) is 0 Å². The van der Waals surface area contributed by atoms with Gasteiger partial charge in [0.05, 0.1) is 0 Å². The molecule has 1 fully saturated rings. The average molecular weight is 277 g/mol. The molecule has 1 aliphatic heterocycles. The molecule has 1 saturated heterocycles. The molecule has 4 heteroatoms. The minimum atomic E-state index is 0.0983. The molecule has 0 radical (unpaired) electrons. The lowest BCUT2D eigenvalue weighted by atomic mass is 10.2. The molecule has 0 spiro atoms. The topological polar surface area (TPSA) is 37.3 Å². The van der Waals surface area contributed by atoms with E-state index >= 15 is 0 Å². The van der Waals surface area contributed by atoms with Crippen molar-refractivity contribution in [1.82, 2.24) is 14.8 Å². The summed E-state index contributed by atoms with van der Waals surface area (Å²) in [6.45, 7) is 9.56. The SMILES string of the molecule is CC(C)CNCC1CCCN1CCn1ccccc1=O. The Kier molecular flexibility index (Phi) is 5.80. The molecule has 1 atom stereocenters. The van der Waals surface area contributed by atoms with E-state index in [0.717, 1.165) is 32.7 Å². The highest BCUT2D eigenvalue weighted by Crippen LogP contribution is 2.16. The molecule has 2 rings (SSSR count). The van der Waals surface area contributed by atoms with Gasteiger partial charge in [-0.25, -0.2) is 0 Å². The van der Waals surface area contributed by atoms with Gasteiger partial charge in [0.2, 0.25) is 0 Å². The zero-order valence-electron chi connectivity index (χ0n) is 12.7. The van der Waals surface area contributed by atoms with Gasteiger partial charge >= 0.3 is 0 Å². The first-order chi connectivity index (χ1) is 9.66. The molecular formula is C16H27N3O. The summed E-state index contributed by atoms with van der Waals surface area (Å²) in [6.07, 6.45) is 4.43. The molecule has 1 N–H and O–H groups in total. The lowest BCUT2D eigenvalue weighted by Gasteiger charge is -2.25. The zero-order valence-corrected chi connectivity index (χ0v) is 12.7. The van der Waals surface area contributed by atoms with Gasteiger partial charge in [-0.2, -0.15) is 0 Å². The van der Waals surface area contributed by atoms with E-state index < -0.39 is 0 Å². The van der Waals surface area contributed by atoms with Crippen LogP contribution in [0.4, 0.5) is 0 Å². The predicted octanol–water partition coefficient (Wildman–Crippen LogP) is 1.56. The Morgan fingerprint density at radius 3 is 2.95 bits per heavy atom. The number of pyridine rings is 1. The van der Waals surface area contributed by atoms with E-state index in [0.29, 0.717) is 12.0 Å². The first-order valence-electron chi connectivity index (χ1n) is 7.77. The van der Waals surface area contributed by atoms with Crippen molar-refractivity contribution < 1.29 is 0 Å². The number of nitrogens with zero attached hydrogens (tertiary/aromatic N) is 2. The normalized spacial score (nSPS) is 19.9. The van der Waals surface area contributed by atoms with Crippen molar-refractivity contribution in [3.63, 3.8) is 0 Å². The smallest absolute Gasteiger partial charge is 0.250 e. The van der Waals surface area contributed by atoms with Crippen LogP contribution in [0.5, 0.6) is 0 Å². The molecule has 112 valence electrons. The fraction of sp³-hybridized carbons (Fsp3) is 0.688. The molecule has 4 nitrogen and oxygen atoms in total. The van der Waals surface area contributed by atoms with E-state index in [2.05, 4.69) is 24.1 Å². The van der Waals surface area contributed by atoms with Crippen LogP contribution in [-0.4, -0.2) is 41.7 Å². The van der Waals surface area contributed by atoms with E-state index in [-0.39, 0.29) is 5.56 Å². The van der Waals surface area contributed by atoms with Gasteiger partial charge in [0.1, 0.15) is 0 Å². The van der Waals surface area contributed by atoms with Crippen LogP contribution < -0.4 is 10.9 Å². The fourth-order valence-corrected chi connectivity index (χ4v) is 2.84. The van der Waals surface area contributed by atoms with Crippen LogP contribution in [0.3, 0.4) is 0 Å². The summed E-state index contributed by atoms with van der Waals surface area (Å²) in [7, 11) is 0. The maximum absolute atomic E-state index is 11.7. The monoisotopic (exact) mass is 277 g/mol. The summed E-state index contributed by atoms with van der Waals surface area (Å²) in [5.74, 6) is 0.702. The van der Waals surface area contributed by atoms with Crippen LogP contribution in [0.2, 0.25) is 0 Å². The van der Waals surface area contributed by atoms with Gasteiger partial charge in [-0.05, 0) is 37.9 Å². The summed E-state index contributed by atoms with van der Waals surface area (Å²) in [4.78, 5) is 14.2. The lowest BCUT2D eigenvalue weighted by molar-refractivity contribution is 0.236. The van der Waals surface area contributed by atoms with Crippen molar-refractivity contribution in [2.24, 2.45) is 5.92 Å². The summed E-state index contributed by atoms with van der Waals surface area (Å²) in [6, 6.07) is 5.99. The largest absolute Gasteiger partial charge is 0.315 e. The quantitative estimate of drug-likeness (QED) is 0.822. The molecule has 0 bridgehead atoms. The third kappa shape index (κ3) is 4.46. The fourth-order valence-electron chi connectivity index (χ4n) is 2.84. The Bertz CT molecular complexity index is 455. The highest BCUT2D eigenvalue weighted by molar-refractivity contribution is 4.93. The van der Waals surface area contributed by atoms with E-state index in [1.54, 1.807) is 16.7 Å². The van der Waals surface area contributed by atoms with Crippen molar-refractivity contribution in [3.05, 3.63) is 34.7 Å². The Morgan fingerprint density at radius 2 is 2.20 bits per heavy atom. The van der Waals surface area contributed by atoms with Gasteiger partial charge in [0.25, 0.3) is 5.56 Å². The maximum Gasteiger partial charge on any atom is 0.250 e. The van der Waals surface area contributed by atoms with E-state index in [4.69, 9.17) is 0 Å². The number of likely N-dealkylation sites (tertiary alicyclic amines) is 1. The van der Waals surface area contributed by atoms with Gasteiger partial charge < -0.3 is 9.88 Å². The molecule has 1 unspecified atom stereocenters. The number of hydrogen-bond acceptors (Lipinski definition) is 3. The number of hydrogen-bond donors (Lipinski definition) is 1. The Hall–Kier alpha value is -1.13. The van der Waals surface area contributed by atoms with E-state index in [9.17, 15) is 4.79 Å².